The van der Waals surface area contributed by atoms with Crippen LogP contribution in [0, 0.1) is 6.92 Å². The van der Waals surface area contributed by atoms with Crippen molar-refractivity contribution in [2.75, 3.05) is 11.9 Å². The number of hydrogen-bond acceptors (Lipinski definition) is 3. The van der Waals surface area contributed by atoms with Crippen LogP contribution in [0.15, 0.2) is 42.6 Å². The average molecular weight is 256 g/mol. The van der Waals surface area contributed by atoms with E-state index in [9.17, 15) is 4.79 Å². The van der Waals surface area contributed by atoms with E-state index in [1.54, 1.807) is 12.1 Å². The van der Waals surface area contributed by atoms with Gasteiger partial charge in [0.05, 0.1) is 17.4 Å². The van der Waals surface area contributed by atoms with Crippen molar-refractivity contribution in [3.8, 4) is 0 Å². The van der Waals surface area contributed by atoms with Gasteiger partial charge < -0.3 is 10.4 Å². The summed E-state index contributed by atoms with van der Waals surface area (Å²) in [6.45, 7) is 2.74. The Hall–Kier alpha value is -2.36. The van der Waals surface area contributed by atoms with Crippen molar-refractivity contribution in [3.05, 3.63) is 59.4 Å². The smallest absolute Gasteiger partial charge is 0.335 e. The fourth-order valence-electron chi connectivity index (χ4n) is 1.74. The summed E-state index contributed by atoms with van der Waals surface area (Å²) in [4.78, 5) is 14.9. The number of hydrogen-bond donors (Lipinski definition) is 2. The Morgan fingerprint density at radius 3 is 2.53 bits per heavy atom. The van der Waals surface area contributed by atoms with Crippen molar-refractivity contribution in [1.82, 2.24) is 4.98 Å². The second-order valence-corrected chi connectivity index (χ2v) is 4.37. The van der Waals surface area contributed by atoms with Gasteiger partial charge in [-0.05, 0) is 43.2 Å². The molecule has 2 aromatic rings. The van der Waals surface area contributed by atoms with Crippen LogP contribution in [0.25, 0.3) is 0 Å². The summed E-state index contributed by atoms with van der Waals surface area (Å²) >= 11 is 0. The minimum atomic E-state index is -0.893. The zero-order valence-corrected chi connectivity index (χ0v) is 10.8. The monoisotopic (exact) mass is 256 g/mol. The van der Waals surface area contributed by atoms with Crippen LogP contribution in [0.4, 0.5) is 5.69 Å². The third kappa shape index (κ3) is 3.81. The molecule has 1 aromatic heterocycles. The van der Waals surface area contributed by atoms with Crippen LogP contribution in [-0.2, 0) is 6.42 Å². The molecule has 2 rings (SSSR count). The minimum Gasteiger partial charge on any atom is -0.478 e. The lowest BCUT2D eigenvalue weighted by Crippen LogP contribution is -2.05. The molecular formula is C15H16N2O2. The van der Waals surface area contributed by atoms with E-state index in [0.29, 0.717) is 5.56 Å². The Morgan fingerprint density at radius 2 is 1.95 bits per heavy atom. The molecule has 19 heavy (non-hydrogen) atoms. The van der Waals surface area contributed by atoms with E-state index >= 15 is 0 Å². The molecule has 0 unspecified atom stereocenters. The van der Waals surface area contributed by atoms with Crippen molar-refractivity contribution in [1.29, 1.82) is 0 Å². The van der Waals surface area contributed by atoms with E-state index in [1.807, 2.05) is 37.4 Å². The number of nitrogens with one attached hydrogen (secondary N) is 1. The molecule has 1 aromatic carbocycles. The van der Waals surface area contributed by atoms with Gasteiger partial charge in [-0.2, -0.15) is 0 Å². The fourth-order valence-corrected chi connectivity index (χ4v) is 1.74. The lowest BCUT2D eigenvalue weighted by atomic mass is 10.1. The number of benzene rings is 1. The maximum Gasteiger partial charge on any atom is 0.335 e. The Kier molecular flexibility index (Phi) is 4.13. The van der Waals surface area contributed by atoms with Gasteiger partial charge in [0, 0.05) is 12.2 Å². The lowest BCUT2D eigenvalue weighted by molar-refractivity contribution is 0.0697. The second-order valence-electron chi connectivity index (χ2n) is 4.37. The van der Waals surface area contributed by atoms with E-state index in [2.05, 4.69) is 10.3 Å². The van der Waals surface area contributed by atoms with Gasteiger partial charge in [-0.1, -0.05) is 12.1 Å². The summed E-state index contributed by atoms with van der Waals surface area (Å²) in [5, 5.41) is 12.1. The maximum absolute atomic E-state index is 10.7. The maximum atomic E-state index is 10.7. The largest absolute Gasteiger partial charge is 0.478 e. The molecule has 4 nitrogen and oxygen atoms in total. The lowest BCUT2D eigenvalue weighted by Gasteiger charge is -2.06. The third-order valence-electron chi connectivity index (χ3n) is 2.86. The van der Waals surface area contributed by atoms with Crippen LogP contribution in [-0.4, -0.2) is 22.6 Å². The summed E-state index contributed by atoms with van der Waals surface area (Å²) in [5.41, 5.74) is 3.42. The zero-order chi connectivity index (χ0) is 13.7. The number of aryl methyl sites for hydroxylation is 1. The van der Waals surface area contributed by atoms with Crippen LogP contribution >= 0.6 is 0 Å². The summed E-state index contributed by atoms with van der Waals surface area (Å²) in [5.74, 6) is -0.893. The standard InChI is InChI=1S/C15H16N2O2/c1-11-2-7-14(10-17-11)16-9-8-12-3-5-13(6-4-12)15(18)19/h2-7,10,16H,8-9H2,1H3,(H,18,19). The molecule has 0 bridgehead atoms. The topological polar surface area (TPSA) is 62.2 Å². The number of nitrogens with zero attached hydrogens (tertiary/aromatic N) is 1. The van der Waals surface area contributed by atoms with E-state index in [0.717, 1.165) is 29.9 Å². The van der Waals surface area contributed by atoms with Gasteiger partial charge in [0.25, 0.3) is 0 Å². The number of aromatic nitrogens is 1. The predicted molar refractivity (Wildman–Crippen MR) is 74.6 cm³/mol. The van der Waals surface area contributed by atoms with Crippen molar-refractivity contribution in [3.63, 3.8) is 0 Å². The Bertz CT molecular complexity index is 547. The van der Waals surface area contributed by atoms with Gasteiger partial charge in [-0.3, -0.25) is 4.98 Å². The molecule has 1 heterocycles. The highest BCUT2D eigenvalue weighted by Gasteiger charge is 2.01. The first-order chi connectivity index (χ1) is 9.15. The molecule has 0 aliphatic rings. The second kappa shape index (κ2) is 6.00. The molecule has 4 heteroatoms. The first-order valence-electron chi connectivity index (χ1n) is 6.14. The van der Waals surface area contributed by atoms with Gasteiger partial charge in [0.2, 0.25) is 0 Å². The first kappa shape index (κ1) is 13.1. The molecule has 0 spiro atoms. The minimum absolute atomic E-state index is 0.319. The highest BCUT2D eigenvalue weighted by Crippen LogP contribution is 2.08. The zero-order valence-electron chi connectivity index (χ0n) is 10.8. The Balaban J connectivity index is 1.85. The van der Waals surface area contributed by atoms with Gasteiger partial charge in [0.15, 0.2) is 0 Å². The molecule has 0 atom stereocenters. The molecule has 0 fully saturated rings. The van der Waals surface area contributed by atoms with Crippen LogP contribution < -0.4 is 5.32 Å². The highest BCUT2D eigenvalue weighted by molar-refractivity contribution is 5.87. The molecule has 0 saturated heterocycles. The van der Waals surface area contributed by atoms with Crippen LogP contribution in [0.1, 0.15) is 21.6 Å². The molecular weight excluding hydrogens is 240 g/mol. The van der Waals surface area contributed by atoms with Crippen LogP contribution in [0.2, 0.25) is 0 Å². The quantitative estimate of drug-likeness (QED) is 0.863. The Morgan fingerprint density at radius 1 is 1.21 bits per heavy atom. The van der Waals surface area contributed by atoms with Gasteiger partial charge >= 0.3 is 5.97 Å². The molecule has 0 saturated carbocycles. The summed E-state index contributed by atoms with van der Waals surface area (Å²) in [7, 11) is 0. The number of carboxylic acid groups (broad SMARTS) is 1. The van der Waals surface area contributed by atoms with Crippen LogP contribution in [0.3, 0.4) is 0 Å². The summed E-state index contributed by atoms with van der Waals surface area (Å²) in [6.07, 6.45) is 2.65. The summed E-state index contributed by atoms with van der Waals surface area (Å²) < 4.78 is 0. The van der Waals surface area contributed by atoms with Gasteiger partial charge in [0.1, 0.15) is 0 Å². The molecule has 98 valence electrons. The van der Waals surface area contributed by atoms with Crippen molar-refractivity contribution in [2.45, 2.75) is 13.3 Å². The number of rotatable bonds is 5. The number of anilines is 1. The highest BCUT2D eigenvalue weighted by atomic mass is 16.4. The number of carboxylic acids is 1. The van der Waals surface area contributed by atoms with E-state index in [-0.39, 0.29) is 0 Å². The molecule has 0 aliphatic heterocycles. The van der Waals surface area contributed by atoms with Crippen molar-refractivity contribution < 1.29 is 9.90 Å². The Labute approximate surface area is 112 Å². The van der Waals surface area contributed by atoms with Crippen molar-refractivity contribution in [2.24, 2.45) is 0 Å². The van der Waals surface area contributed by atoms with E-state index < -0.39 is 5.97 Å². The van der Waals surface area contributed by atoms with E-state index in [1.165, 1.54) is 0 Å². The number of pyridine rings is 1. The fraction of sp³-hybridized carbons (Fsp3) is 0.200. The first-order valence-corrected chi connectivity index (χ1v) is 6.14. The average Bonchev–Trinajstić information content (AvgIpc) is 2.41. The summed E-state index contributed by atoms with van der Waals surface area (Å²) in [6, 6.07) is 10.9. The molecule has 2 N–H and O–H groups in total. The molecule has 0 aliphatic carbocycles. The molecule has 0 amide bonds. The van der Waals surface area contributed by atoms with Crippen LogP contribution in [0.5, 0.6) is 0 Å². The molecule has 0 radical (unpaired) electrons. The third-order valence-corrected chi connectivity index (χ3v) is 2.86. The predicted octanol–water partition coefficient (Wildman–Crippen LogP) is 2.74. The SMILES string of the molecule is Cc1ccc(NCCc2ccc(C(=O)O)cc2)cn1. The normalized spacial score (nSPS) is 10.2. The number of carbonyl (C=O) groups is 1. The van der Waals surface area contributed by atoms with E-state index in [4.69, 9.17) is 5.11 Å². The number of aromatic carboxylic acids is 1. The van der Waals surface area contributed by atoms with Crippen molar-refractivity contribution >= 4 is 11.7 Å². The van der Waals surface area contributed by atoms with Gasteiger partial charge in [-0.15, -0.1) is 0 Å². The van der Waals surface area contributed by atoms with Gasteiger partial charge in [-0.25, -0.2) is 4.79 Å².